The zero-order valence-corrected chi connectivity index (χ0v) is 21.7. The van der Waals surface area contributed by atoms with E-state index in [9.17, 15) is 0 Å². The molecule has 0 saturated carbocycles. The maximum absolute atomic E-state index is 5.57. The Labute approximate surface area is 209 Å². The minimum atomic E-state index is 0.260. The number of thiazole rings is 1. The van der Waals surface area contributed by atoms with E-state index < -0.39 is 0 Å². The number of ether oxygens (including phenoxy) is 1. The number of pyridine rings is 1. The van der Waals surface area contributed by atoms with Crippen molar-refractivity contribution in [2.75, 3.05) is 31.6 Å². The second kappa shape index (κ2) is 8.60. The van der Waals surface area contributed by atoms with Crippen molar-refractivity contribution in [1.29, 1.82) is 0 Å². The van der Waals surface area contributed by atoms with Gasteiger partial charge in [0.05, 0.1) is 24.7 Å². The van der Waals surface area contributed by atoms with Gasteiger partial charge in [-0.05, 0) is 24.3 Å². The Balaban J connectivity index is 1.31. The second-order valence-electron chi connectivity index (χ2n) is 10.4. The van der Waals surface area contributed by atoms with Gasteiger partial charge in [0.25, 0.3) is 0 Å². The number of aromatic amines is 1. The topological polar surface area (TPSA) is 87.5 Å². The molecule has 0 unspecified atom stereocenters. The summed E-state index contributed by atoms with van der Waals surface area (Å²) < 4.78 is 7.31. The van der Waals surface area contributed by atoms with Gasteiger partial charge >= 0.3 is 0 Å². The number of rotatable bonds is 7. The highest BCUT2D eigenvalue weighted by molar-refractivity contribution is 7.18. The first-order chi connectivity index (χ1) is 16.9. The molecule has 2 saturated heterocycles. The van der Waals surface area contributed by atoms with Crippen LogP contribution in [0, 0.1) is 5.92 Å². The normalized spacial score (nSPS) is 20.3. The van der Waals surface area contributed by atoms with E-state index in [2.05, 4.69) is 52.7 Å². The summed E-state index contributed by atoms with van der Waals surface area (Å²) in [5.41, 5.74) is 4.67. The summed E-state index contributed by atoms with van der Waals surface area (Å²) in [6.45, 7) is 12.5. The maximum atomic E-state index is 5.57. The van der Waals surface area contributed by atoms with Gasteiger partial charge in [-0.15, -0.1) is 0 Å². The van der Waals surface area contributed by atoms with Crippen LogP contribution < -0.4 is 9.64 Å². The highest BCUT2D eigenvalue weighted by Gasteiger charge is 2.43. The number of aromatic nitrogens is 6. The van der Waals surface area contributed by atoms with Gasteiger partial charge in [-0.25, -0.2) is 14.5 Å². The smallest absolute Gasteiger partial charge is 0.197 e. The fourth-order valence-electron chi connectivity index (χ4n) is 5.70. The zero-order chi connectivity index (χ0) is 24.3. The van der Waals surface area contributed by atoms with E-state index in [1.54, 1.807) is 23.0 Å². The van der Waals surface area contributed by atoms with Crippen LogP contribution in [0.1, 0.15) is 45.6 Å². The molecule has 2 aliphatic rings. The molecule has 0 amide bonds. The number of hydrogen-bond acceptors (Lipinski definition) is 8. The lowest BCUT2D eigenvalue weighted by molar-refractivity contribution is 0.214. The third kappa shape index (κ3) is 3.79. The summed E-state index contributed by atoms with van der Waals surface area (Å²) >= 11 is 1.76. The third-order valence-electron chi connectivity index (χ3n) is 7.16. The van der Waals surface area contributed by atoms with Crippen LogP contribution in [0.3, 0.4) is 0 Å². The number of nitrogens with one attached hydrogen (secondary N) is 1. The van der Waals surface area contributed by atoms with Gasteiger partial charge in [0.1, 0.15) is 16.3 Å². The molecule has 35 heavy (non-hydrogen) atoms. The molecule has 6 heterocycles. The Morgan fingerprint density at radius 3 is 2.74 bits per heavy atom. The van der Waals surface area contributed by atoms with E-state index in [4.69, 9.17) is 14.8 Å². The van der Waals surface area contributed by atoms with Crippen LogP contribution in [0.15, 0.2) is 24.8 Å². The fraction of sp³-hybridized carbons (Fsp3) is 0.520. The molecule has 0 aliphatic carbocycles. The predicted molar refractivity (Wildman–Crippen MR) is 138 cm³/mol. The van der Waals surface area contributed by atoms with Gasteiger partial charge in [0.2, 0.25) is 0 Å². The number of likely N-dealkylation sites (tertiary alicyclic amines) is 1. The van der Waals surface area contributed by atoms with E-state index in [-0.39, 0.29) is 5.92 Å². The molecule has 10 heteroatoms. The molecule has 4 aromatic heterocycles. The molecule has 1 N–H and O–H groups in total. The molecule has 0 aromatic carbocycles. The number of nitrogens with zero attached hydrogens (tertiary/aromatic N) is 7. The molecule has 2 aliphatic heterocycles. The summed E-state index contributed by atoms with van der Waals surface area (Å²) in [5, 5.41) is 14.6. The maximum Gasteiger partial charge on any atom is 0.197 e. The number of H-pyrrole nitrogens is 1. The molecule has 4 aromatic rings. The second-order valence-corrected chi connectivity index (χ2v) is 11.4. The number of anilines is 1. The largest absolute Gasteiger partial charge is 0.493 e. The molecule has 9 nitrogen and oxygen atoms in total. The van der Waals surface area contributed by atoms with Crippen LogP contribution >= 0.6 is 11.3 Å². The molecule has 2 fully saturated rings. The van der Waals surface area contributed by atoms with Crippen LogP contribution in [0.4, 0.5) is 5.00 Å². The minimum absolute atomic E-state index is 0.260. The molecule has 184 valence electrons. The van der Waals surface area contributed by atoms with Crippen molar-refractivity contribution in [3.63, 3.8) is 0 Å². The van der Waals surface area contributed by atoms with Gasteiger partial charge in [-0.3, -0.25) is 10.00 Å². The molecular formula is C25H32N8OS. The molecule has 2 bridgehead atoms. The highest BCUT2D eigenvalue weighted by Crippen LogP contribution is 2.42. The quantitative estimate of drug-likeness (QED) is 0.412. The first-order valence-electron chi connectivity index (χ1n) is 12.4. The summed E-state index contributed by atoms with van der Waals surface area (Å²) in [7, 11) is 1.65. The minimum Gasteiger partial charge on any atom is -0.493 e. The molecule has 6 rings (SSSR count). The molecule has 2 atom stereocenters. The average Bonchev–Trinajstić information content (AvgIpc) is 3.63. The van der Waals surface area contributed by atoms with E-state index in [0.29, 0.717) is 29.4 Å². The SMILES string of the molecule is COc1cc(-c2n[nH]c(-c3ncc(N4C[C@@H]5C[C@H]4CN5CC(C)C)s3)c2C(C)C)cn2ncnc12. The van der Waals surface area contributed by atoms with Crippen molar-refractivity contribution in [2.45, 2.75) is 52.1 Å². The summed E-state index contributed by atoms with van der Waals surface area (Å²) in [6.07, 6.45) is 6.79. The molecule has 0 spiro atoms. The predicted octanol–water partition coefficient (Wildman–Crippen LogP) is 4.29. The fourth-order valence-corrected chi connectivity index (χ4v) is 6.70. The summed E-state index contributed by atoms with van der Waals surface area (Å²) in [5.74, 6) is 1.65. The third-order valence-corrected chi connectivity index (χ3v) is 8.21. The van der Waals surface area contributed by atoms with Gasteiger partial charge in [0, 0.05) is 49.0 Å². The lowest BCUT2D eigenvalue weighted by Crippen LogP contribution is -2.47. The Morgan fingerprint density at radius 1 is 1.17 bits per heavy atom. The van der Waals surface area contributed by atoms with Gasteiger partial charge in [0.15, 0.2) is 11.4 Å². The van der Waals surface area contributed by atoms with Gasteiger partial charge < -0.3 is 9.64 Å². The number of methoxy groups -OCH3 is 1. The number of hydrogen-bond donors (Lipinski definition) is 1. The first kappa shape index (κ1) is 22.5. The highest BCUT2D eigenvalue weighted by atomic mass is 32.1. The Morgan fingerprint density at radius 2 is 2.03 bits per heavy atom. The van der Waals surface area contributed by atoms with Gasteiger partial charge in [-0.1, -0.05) is 39.0 Å². The van der Waals surface area contributed by atoms with Crippen molar-refractivity contribution in [3.05, 3.63) is 30.4 Å². The molecular weight excluding hydrogens is 460 g/mol. The standard InChI is InChI=1S/C25H32N8OS/c1-14(2)9-31-11-18-7-17(31)12-32(18)20-8-26-25(35-20)23-21(15(3)4)22(29-30-23)16-6-19(34-5)24-27-13-28-33(24)10-16/h6,8,10,13-15,17-18H,7,9,11-12H2,1-5H3,(H,29,30)/t17-,18-/m0/s1. The molecule has 0 radical (unpaired) electrons. The first-order valence-corrected chi connectivity index (χ1v) is 13.2. The van der Waals surface area contributed by atoms with Gasteiger partial charge in [-0.2, -0.15) is 10.2 Å². The van der Waals surface area contributed by atoms with Crippen molar-refractivity contribution in [1.82, 2.24) is 34.7 Å². The van der Waals surface area contributed by atoms with Crippen LogP contribution in [-0.2, 0) is 0 Å². The van der Waals surface area contributed by atoms with Crippen LogP contribution in [0.25, 0.3) is 27.6 Å². The van der Waals surface area contributed by atoms with E-state index in [1.165, 1.54) is 24.3 Å². The zero-order valence-electron chi connectivity index (χ0n) is 20.9. The van der Waals surface area contributed by atoms with Crippen molar-refractivity contribution in [3.8, 4) is 27.7 Å². The lowest BCUT2D eigenvalue weighted by atomic mass is 9.97. The lowest BCUT2D eigenvalue weighted by Gasteiger charge is -2.35. The van der Waals surface area contributed by atoms with Crippen molar-refractivity contribution < 1.29 is 4.74 Å². The Hall–Kier alpha value is -2.98. The number of fused-ring (bicyclic) bond motifs is 3. The number of piperazine rings is 1. The average molecular weight is 493 g/mol. The Bertz CT molecular complexity index is 1350. The van der Waals surface area contributed by atoms with E-state index in [0.717, 1.165) is 40.6 Å². The van der Waals surface area contributed by atoms with Crippen LogP contribution in [-0.4, -0.2) is 73.5 Å². The monoisotopic (exact) mass is 492 g/mol. The van der Waals surface area contributed by atoms with E-state index in [1.807, 2.05) is 18.5 Å². The van der Waals surface area contributed by atoms with Crippen molar-refractivity contribution in [2.24, 2.45) is 5.92 Å². The van der Waals surface area contributed by atoms with Crippen LogP contribution in [0.5, 0.6) is 5.75 Å². The van der Waals surface area contributed by atoms with Crippen LogP contribution in [0.2, 0.25) is 0 Å². The summed E-state index contributed by atoms with van der Waals surface area (Å²) in [4.78, 5) is 14.4. The van der Waals surface area contributed by atoms with Crippen molar-refractivity contribution >= 4 is 22.0 Å². The summed E-state index contributed by atoms with van der Waals surface area (Å²) in [6, 6.07) is 3.24. The van der Waals surface area contributed by atoms with E-state index >= 15 is 0 Å². The Kier molecular flexibility index (Phi) is 5.52.